The van der Waals surface area contributed by atoms with Gasteiger partial charge in [-0.15, -0.1) is 0 Å². The molecule has 17 heavy (non-hydrogen) atoms. The van der Waals surface area contributed by atoms with Crippen LogP contribution in [0.1, 0.15) is 37.3 Å². The average Bonchev–Trinajstić information content (AvgIpc) is 3.00. The molecule has 0 spiro atoms. The Morgan fingerprint density at radius 3 is 2.76 bits per heavy atom. The second kappa shape index (κ2) is 4.67. The highest BCUT2D eigenvalue weighted by Gasteiger charge is 2.27. The second-order valence-corrected chi connectivity index (χ2v) is 4.94. The third-order valence-corrected chi connectivity index (χ3v) is 3.81. The Labute approximate surface area is 102 Å². The molecular weight excluding hydrogens is 212 g/mol. The molecule has 2 aliphatic rings. The Morgan fingerprint density at radius 1 is 1.18 bits per heavy atom. The van der Waals surface area contributed by atoms with E-state index in [2.05, 4.69) is 34.5 Å². The first kappa shape index (κ1) is 11.1. The van der Waals surface area contributed by atoms with Crippen LogP contribution in [0.15, 0.2) is 24.3 Å². The van der Waals surface area contributed by atoms with E-state index in [1.807, 2.05) is 0 Å². The SMILES string of the molecule is OC1CCCN1c1ccccc1C1CCC[N]1. The lowest BCUT2D eigenvalue weighted by Crippen LogP contribution is -2.30. The van der Waals surface area contributed by atoms with Gasteiger partial charge in [0.1, 0.15) is 6.23 Å². The zero-order valence-corrected chi connectivity index (χ0v) is 10.0. The fourth-order valence-electron chi connectivity index (χ4n) is 2.94. The predicted molar refractivity (Wildman–Crippen MR) is 68.0 cm³/mol. The van der Waals surface area contributed by atoms with Crippen molar-refractivity contribution in [2.45, 2.75) is 38.0 Å². The number of nitrogens with zero attached hydrogens (tertiary/aromatic N) is 2. The summed E-state index contributed by atoms with van der Waals surface area (Å²) in [4.78, 5) is 2.13. The lowest BCUT2D eigenvalue weighted by molar-refractivity contribution is 0.185. The molecule has 1 aromatic rings. The Hall–Kier alpha value is -1.06. The summed E-state index contributed by atoms with van der Waals surface area (Å²) in [7, 11) is 0. The van der Waals surface area contributed by atoms with Crippen molar-refractivity contribution in [1.82, 2.24) is 5.32 Å². The highest BCUT2D eigenvalue weighted by Crippen LogP contribution is 2.35. The molecule has 91 valence electrons. The number of hydrogen-bond acceptors (Lipinski definition) is 2. The number of aliphatic hydroxyl groups is 1. The third kappa shape index (κ3) is 2.05. The van der Waals surface area contributed by atoms with Crippen LogP contribution in [-0.4, -0.2) is 24.4 Å². The van der Waals surface area contributed by atoms with Crippen LogP contribution in [0.2, 0.25) is 0 Å². The number of aliphatic hydroxyl groups excluding tert-OH is 1. The van der Waals surface area contributed by atoms with E-state index in [1.54, 1.807) is 0 Å². The maximum absolute atomic E-state index is 10.0. The van der Waals surface area contributed by atoms with Gasteiger partial charge in [-0.3, -0.25) is 0 Å². The molecule has 1 N–H and O–H groups in total. The summed E-state index contributed by atoms with van der Waals surface area (Å²) in [6.07, 6.45) is 4.01. The maximum atomic E-state index is 10.0. The zero-order valence-electron chi connectivity index (χ0n) is 10.0. The molecule has 0 amide bonds. The number of anilines is 1. The quantitative estimate of drug-likeness (QED) is 0.845. The molecule has 1 radical (unpaired) electrons. The largest absolute Gasteiger partial charge is 0.374 e. The molecule has 3 nitrogen and oxygen atoms in total. The van der Waals surface area contributed by atoms with E-state index in [9.17, 15) is 5.11 Å². The topological polar surface area (TPSA) is 37.6 Å². The molecule has 2 aliphatic heterocycles. The molecule has 3 rings (SSSR count). The summed E-state index contributed by atoms with van der Waals surface area (Å²) in [5, 5.41) is 14.7. The van der Waals surface area contributed by atoms with E-state index in [0.717, 1.165) is 32.4 Å². The Bertz CT molecular complexity index is 388. The number of hydrogen-bond donors (Lipinski definition) is 1. The minimum Gasteiger partial charge on any atom is -0.374 e. The van der Waals surface area contributed by atoms with E-state index in [-0.39, 0.29) is 6.23 Å². The summed E-state index contributed by atoms with van der Waals surface area (Å²) in [6.45, 7) is 1.95. The van der Waals surface area contributed by atoms with Crippen molar-refractivity contribution in [3.63, 3.8) is 0 Å². The molecule has 2 heterocycles. The van der Waals surface area contributed by atoms with Crippen LogP contribution < -0.4 is 10.2 Å². The standard InChI is InChI=1S/C14H19N2O/c17-14-8-4-10-16(14)13-7-2-1-5-11(13)12-6-3-9-15-12/h1-2,5,7,12,14,17H,3-4,6,8-10H2. The molecule has 0 saturated carbocycles. The predicted octanol–water partition coefficient (Wildman–Crippen LogP) is 2.04. The van der Waals surface area contributed by atoms with Crippen molar-refractivity contribution in [1.29, 1.82) is 0 Å². The lowest BCUT2D eigenvalue weighted by Gasteiger charge is -2.27. The van der Waals surface area contributed by atoms with Crippen LogP contribution >= 0.6 is 0 Å². The molecule has 2 saturated heterocycles. The fraction of sp³-hybridized carbons (Fsp3) is 0.571. The van der Waals surface area contributed by atoms with Gasteiger partial charge in [0, 0.05) is 18.8 Å². The van der Waals surface area contributed by atoms with Gasteiger partial charge in [0.15, 0.2) is 0 Å². The van der Waals surface area contributed by atoms with Crippen LogP contribution in [0.3, 0.4) is 0 Å². The van der Waals surface area contributed by atoms with Gasteiger partial charge in [-0.1, -0.05) is 18.2 Å². The summed E-state index contributed by atoms with van der Waals surface area (Å²) >= 11 is 0. The van der Waals surface area contributed by atoms with Crippen LogP contribution in [0.25, 0.3) is 0 Å². The van der Waals surface area contributed by atoms with Gasteiger partial charge in [-0.05, 0) is 37.3 Å². The number of para-hydroxylation sites is 1. The minimum absolute atomic E-state index is 0.308. The Morgan fingerprint density at radius 2 is 2.06 bits per heavy atom. The van der Waals surface area contributed by atoms with Crippen molar-refractivity contribution in [3.8, 4) is 0 Å². The monoisotopic (exact) mass is 231 g/mol. The first-order chi connectivity index (χ1) is 8.36. The number of rotatable bonds is 2. The summed E-state index contributed by atoms with van der Waals surface area (Å²) < 4.78 is 0. The van der Waals surface area contributed by atoms with Crippen molar-refractivity contribution < 1.29 is 5.11 Å². The molecule has 2 atom stereocenters. The Balaban J connectivity index is 1.92. The van der Waals surface area contributed by atoms with Crippen LogP contribution in [0.5, 0.6) is 0 Å². The molecule has 3 heteroatoms. The second-order valence-electron chi connectivity index (χ2n) is 4.94. The van der Waals surface area contributed by atoms with Crippen molar-refractivity contribution in [2.75, 3.05) is 18.0 Å². The number of benzene rings is 1. The highest BCUT2D eigenvalue weighted by molar-refractivity contribution is 5.56. The van der Waals surface area contributed by atoms with Crippen molar-refractivity contribution in [2.24, 2.45) is 0 Å². The average molecular weight is 231 g/mol. The van der Waals surface area contributed by atoms with Gasteiger partial charge in [-0.25, -0.2) is 5.32 Å². The highest BCUT2D eigenvalue weighted by atomic mass is 16.3. The zero-order chi connectivity index (χ0) is 11.7. The van der Waals surface area contributed by atoms with Crippen molar-refractivity contribution in [3.05, 3.63) is 29.8 Å². The van der Waals surface area contributed by atoms with E-state index in [1.165, 1.54) is 17.7 Å². The van der Waals surface area contributed by atoms with E-state index in [4.69, 9.17) is 0 Å². The summed E-state index contributed by atoms with van der Waals surface area (Å²) in [5.41, 5.74) is 2.49. The van der Waals surface area contributed by atoms with Crippen molar-refractivity contribution >= 4 is 5.69 Å². The van der Waals surface area contributed by atoms with E-state index >= 15 is 0 Å². The third-order valence-electron chi connectivity index (χ3n) is 3.81. The maximum Gasteiger partial charge on any atom is 0.126 e. The van der Waals surface area contributed by atoms with Gasteiger partial charge in [0.25, 0.3) is 0 Å². The molecule has 1 aromatic carbocycles. The van der Waals surface area contributed by atoms with E-state index in [0.29, 0.717) is 6.04 Å². The van der Waals surface area contributed by atoms with E-state index < -0.39 is 0 Å². The van der Waals surface area contributed by atoms with Gasteiger partial charge >= 0.3 is 0 Å². The molecule has 0 bridgehead atoms. The molecule has 0 aliphatic carbocycles. The fourth-order valence-corrected chi connectivity index (χ4v) is 2.94. The van der Waals surface area contributed by atoms with Gasteiger partial charge < -0.3 is 10.0 Å². The molecule has 0 aromatic heterocycles. The van der Waals surface area contributed by atoms with Crippen LogP contribution in [0.4, 0.5) is 5.69 Å². The van der Waals surface area contributed by atoms with Gasteiger partial charge in [-0.2, -0.15) is 0 Å². The lowest BCUT2D eigenvalue weighted by atomic mass is 10.0. The molecular formula is C14H19N2O. The normalized spacial score (nSPS) is 28.9. The van der Waals surface area contributed by atoms with Crippen LogP contribution in [-0.2, 0) is 0 Å². The summed E-state index contributed by atoms with van der Waals surface area (Å²) in [6, 6.07) is 8.77. The first-order valence-corrected chi connectivity index (χ1v) is 6.56. The Kier molecular flexibility index (Phi) is 3.04. The first-order valence-electron chi connectivity index (χ1n) is 6.56. The summed E-state index contributed by atoms with van der Waals surface area (Å²) in [5.74, 6) is 0. The molecule has 2 fully saturated rings. The molecule has 2 unspecified atom stereocenters. The van der Waals surface area contributed by atoms with Crippen LogP contribution in [0, 0.1) is 0 Å². The van der Waals surface area contributed by atoms with Gasteiger partial charge in [0.05, 0.1) is 6.04 Å². The van der Waals surface area contributed by atoms with Gasteiger partial charge in [0.2, 0.25) is 0 Å². The smallest absolute Gasteiger partial charge is 0.126 e. The minimum atomic E-state index is -0.308.